The fourth-order valence-electron chi connectivity index (χ4n) is 2.65. The van der Waals surface area contributed by atoms with Crippen LogP contribution in [0.2, 0.25) is 0 Å². The maximum atomic E-state index is 12.5. The molecule has 1 heterocycles. The van der Waals surface area contributed by atoms with E-state index in [1.807, 2.05) is 24.3 Å². The molecule has 26 heavy (non-hydrogen) atoms. The van der Waals surface area contributed by atoms with Crippen molar-refractivity contribution in [3.05, 3.63) is 59.7 Å². The molecule has 7 heteroatoms. The van der Waals surface area contributed by atoms with E-state index in [9.17, 15) is 9.59 Å². The number of carbonyl (C=O) groups is 2. The summed E-state index contributed by atoms with van der Waals surface area (Å²) in [7, 11) is 2.86. The standard InChI is InChI=1S/C19H18N2O5/c1-24-16-10-6-4-7-12(16)15-11-17(26-21-15)18(22)20-14-9-5-3-8-13(14)19(23)25-2/h3-10,17H,11H2,1-2H3,(H,20,22). The second kappa shape index (κ2) is 7.69. The lowest BCUT2D eigenvalue weighted by Gasteiger charge is -2.12. The van der Waals surface area contributed by atoms with Crippen LogP contribution in [0.3, 0.4) is 0 Å². The lowest BCUT2D eigenvalue weighted by Crippen LogP contribution is -2.28. The molecule has 1 N–H and O–H groups in total. The van der Waals surface area contributed by atoms with Gasteiger partial charge in [0.25, 0.3) is 5.91 Å². The average molecular weight is 354 g/mol. The van der Waals surface area contributed by atoms with Crippen molar-refractivity contribution in [2.75, 3.05) is 19.5 Å². The molecule has 1 atom stereocenters. The minimum atomic E-state index is -0.791. The van der Waals surface area contributed by atoms with Crippen LogP contribution in [0.1, 0.15) is 22.3 Å². The molecular formula is C19H18N2O5. The number of hydrogen-bond donors (Lipinski definition) is 1. The van der Waals surface area contributed by atoms with Crippen molar-refractivity contribution in [1.82, 2.24) is 0 Å². The molecule has 0 spiro atoms. The monoisotopic (exact) mass is 354 g/mol. The lowest BCUT2D eigenvalue weighted by atomic mass is 10.0. The number of rotatable bonds is 5. The highest BCUT2D eigenvalue weighted by atomic mass is 16.6. The molecule has 0 aromatic heterocycles. The number of methoxy groups -OCH3 is 2. The molecule has 0 fully saturated rings. The number of carbonyl (C=O) groups excluding carboxylic acids is 2. The summed E-state index contributed by atoms with van der Waals surface area (Å²) in [4.78, 5) is 29.6. The molecule has 2 aromatic rings. The van der Waals surface area contributed by atoms with E-state index in [2.05, 4.69) is 10.5 Å². The average Bonchev–Trinajstić information content (AvgIpc) is 3.18. The van der Waals surface area contributed by atoms with E-state index in [4.69, 9.17) is 14.3 Å². The van der Waals surface area contributed by atoms with Crippen LogP contribution < -0.4 is 10.1 Å². The number of hydrogen-bond acceptors (Lipinski definition) is 6. The number of oxime groups is 1. The number of para-hydroxylation sites is 2. The van der Waals surface area contributed by atoms with Crippen molar-refractivity contribution in [3.8, 4) is 5.75 Å². The molecule has 2 aromatic carbocycles. The van der Waals surface area contributed by atoms with E-state index in [0.717, 1.165) is 5.56 Å². The predicted octanol–water partition coefficient (Wildman–Crippen LogP) is 2.61. The molecule has 0 saturated heterocycles. The molecule has 1 aliphatic heterocycles. The third-order valence-electron chi connectivity index (χ3n) is 3.97. The Bertz CT molecular complexity index is 863. The van der Waals surface area contributed by atoms with Gasteiger partial charge in [0.05, 0.1) is 31.2 Å². The summed E-state index contributed by atoms with van der Waals surface area (Å²) in [5.41, 5.74) is 2.04. The van der Waals surface area contributed by atoms with Crippen LogP contribution in [-0.2, 0) is 14.4 Å². The fourth-order valence-corrected chi connectivity index (χ4v) is 2.65. The molecule has 0 aliphatic carbocycles. The number of nitrogens with one attached hydrogen (secondary N) is 1. The van der Waals surface area contributed by atoms with Gasteiger partial charge in [0.2, 0.25) is 6.10 Å². The molecule has 1 amide bonds. The maximum Gasteiger partial charge on any atom is 0.339 e. The van der Waals surface area contributed by atoms with Gasteiger partial charge in [-0.1, -0.05) is 29.4 Å². The highest BCUT2D eigenvalue weighted by Crippen LogP contribution is 2.25. The Morgan fingerprint density at radius 2 is 1.85 bits per heavy atom. The molecular weight excluding hydrogens is 336 g/mol. The van der Waals surface area contributed by atoms with Crippen LogP contribution >= 0.6 is 0 Å². The van der Waals surface area contributed by atoms with Crippen molar-refractivity contribution in [2.45, 2.75) is 12.5 Å². The van der Waals surface area contributed by atoms with E-state index in [-0.39, 0.29) is 5.56 Å². The van der Waals surface area contributed by atoms with Gasteiger partial charge in [0, 0.05) is 12.0 Å². The van der Waals surface area contributed by atoms with E-state index in [0.29, 0.717) is 23.6 Å². The second-order valence-corrected chi connectivity index (χ2v) is 5.56. The molecule has 0 bridgehead atoms. The van der Waals surface area contributed by atoms with Gasteiger partial charge in [-0.3, -0.25) is 4.79 Å². The minimum absolute atomic E-state index is 0.271. The first kappa shape index (κ1) is 17.5. The predicted molar refractivity (Wildman–Crippen MR) is 95.4 cm³/mol. The Hall–Kier alpha value is -3.35. The summed E-state index contributed by atoms with van der Waals surface area (Å²) in [5.74, 6) is -0.263. The van der Waals surface area contributed by atoms with Gasteiger partial charge in [-0.15, -0.1) is 0 Å². The van der Waals surface area contributed by atoms with E-state index >= 15 is 0 Å². The van der Waals surface area contributed by atoms with Gasteiger partial charge in [-0.2, -0.15) is 0 Å². The van der Waals surface area contributed by atoms with Crippen molar-refractivity contribution >= 4 is 23.3 Å². The van der Waals surface area contributed by atoms with Gasteiger partial charge in [-0.25, -0.2) is 4.79 Å². The first-order valence-corrected chi connectivity index (χ1v) is 7.98. The first-order chi connectivity index (χ1) is 12.6. The summed E-state index contributed by atoms with van der Waals surface area (Å²) in [6, 6.07) is 14.0. The van der Waals surface area contributed by atoms with Crippen LogP contribution in [0.4, 0.5) is 5.69 Å². The van der Waals surface area contributed by atoms with Crippen LogP contribution in [-0.4, -0.2) is 37.9 Å². The van der Waals surface area contributed by atoms with E-state index < -0.39 is 18.0 Å². The smallest absolute Gasteiger partial charge is 0.339 e. The molecule has 1 aliphatic rings. The zero-order valence-electron chi connectivity index (χ0n) is 14.4. The van der Waals surface area contributed by atoms with Crippen molar-refractivity contribution in [2.24, 2.45) is 5.16 Å². The summed E-state index contributed by atoms with van der Waals surface area (Å²) in [6.45, 7) is 0. The van der Waals surface area contributed by atoms with Crippen LogP contribution in [0.5, 0.6) is 5.75 Å². The summed E-state index contributed by atoms with van der Waals surface area (Å²) >= 11 is 0. The molecule has 3 rings (SSSR count). The summed E-state index contributed by atoms with van der Waals surface area (Å²) in [5, 5.41) is 6.72. The van der Waals surface area contributed by atoms with E-state index in [1.54, 1.807) is 31.4 Å². The third kappa shape index (κ3) is 3.51. The fraction of sp³-hybridized carbons (Fsp3) is 0.211. The van der Waals surface area contributed by atoms with Crippen molar-refractivity contribution in [1.29, 1.82) is 0 Å². The quantitative estimate of drug-likeness (QED) is 0.834. The number of ether oxygens (including phenoxy) is 2. The highest BCUT2D eigenvalue weighted by Gasteiger charge is 2.30. The number of esters is 1. The Morgan fingerprint density at radius 1 is 1.12 bits per heavy atom. The van der Waals surface area contributed by atoms with Crippen molar-refractivity contribution < 1.29 is 23.9 Å². The van der Waals surface area contributed by atoms with Gasteiger partial charge < -0.3 is 19.6 Å². The molecule has 0 radical (unpaired) electrons. The first-order valence-electron chi connectivity index (χ1n) is 7.98. The molecule has 0 saturated carbocycles. The summed E-state index contributed by atoms with van der Waals surface area (Å²) in [6.07, 6.45) is -0.493. The number of amides is 1. The Labute approximate surface area is 150 Å². The van der Waals surface area contributed by atoms with Gasteiger partial charge in [0.1, 0.15) is 5.75 Å². The number of nitrogens with zero attached hydrogens (tertiary/aromatic N) is 1. The second-order valence-electron chi connectivity index (χ2n) is 5.56. The SMILES string of the molecule is COC(=O)c1ccccc1NC(=O)C1CC(c2ccccc2OC)=NO1. The van der Waals surface area contributed by atoms with Crippen LogP contribution in [0, 0.1) is 0 Å². The molecule has 134 valence electrons. The molecule has 7 nitrogen and oxygen atoms in total. The molecule has 1 unspecified atom stereocenters. The third-order valence-corrected chi connectivity index (χ3v) is 3.97. The lowest BCUT2D eigenvalue weighted by molar-refractivity contribution is -0.125. The van der Waals surface area contributed by atoms with Crippen molar-refractivity contribution in [3.63, 3.8) is 0 Å². The van der Waals surface area contributed by atoms with Crippen LogP contribution in [0.15, 0.2) is 53.7 Å². The van der Waals surface area contributed by atoms with Gasteiger partial charge in [0.15, 0.2) is 0 Å². The maximum absolute atomic E-state index is 12.5. The number of anilines is 1. The van der Waals surface area contributed by atoms with Crippen LogP contribution in [0.25, 0.3) is 0 Å². The zero-order chi connectivity index (χ0) is 18.5. The zero-order valence-corrected chi connectivity index (χ0v) is 14.4. The number of benzene rings is 2. The largest absolute Gasteiger partial charge is 0.496 e. The van der Waals surface area contributed by atoms with Gasteiger partial charge >= 0.3 is 5.97 Å². The normalized spacial score (nSPS) is 15.6. The minimum Gasteiger partial charge on any atom is -0.496 e. The summed E-state index contributed by atoms with van der Waals surface area (Å²) < 4.78 is 10.0. The Kier molecular flexibility index (Phi) is 5.17. The Morgan fingerprint density at radius 3 is 2.62 bits per heavy atom. The highest BCUT2D eigenvalue weighted by molar-refractivity contribution is 6.08. The van der Waals surface area contributed by atoms with E-state index in [1.165, 1.54) is 7.11 Å². The van der Waals surface area contributed by atoms with Gasteiger partial charge in [-0.05, 0) is 24.3 Å². The Balaban J connectivity index is 1.71. The topological polar surface area (TPSA) is 86.2 Å².